The van der Waals surface area contributed by atoms with Crippen LogP contribution in [0.3, 0.4) is 0 Å². The maximum Gasteiger partial charge on any atom is 0.308 e. The van der Waals surface area contributed by atoms with Crippen molar-refractivity contribution in [2.24, 2.45) is 11.8 Å². The van der Waals surface area contributed by atoms with Gasteiger partial charge in [-0.3, -0.25) is 14.4 Å². The second-order valence-corrected chi connectivity index (χ2v) is 7.91. The number of nitrogens with zero attached hydrogens (tertiary/aromatic N) is 2. The Balaban J connectivity index is 1.67. The number of aryl methyl sites for hydroxylation is 1. The van der Waals surface area contributed by atoms with Gasteiger partial charge in [-0.05, 0) is 51.7 Å². The lowest BCUT2D eigenvalue weighted by Crippen LogP contribution is -2.52. The predicted octanol–water partition coefficient (Wildman–Crippen LogP) is 2.56. The maximum absolute atomic E-state index is 13.1. The highest BCUT2D eigenvalue weighted by atomic mass is 16.4. The first-order valence-electron chi connectivity index (χ1n) is 9.76. The standard InChI is InChI=1S/C21H28N2O4/c1-14-5-8-16(9-6-14)19(24)22-11-3-4-17(12-22)20(25)23-13-18(21(26)27)10-7-15(23)2/h5-6,8-9,15,17-18H,3-4,7,10-13H2,1-2H3,(H,26,27). The lowest BCUT2D eigenvalue weighted by atomic mass is 9.90. The van der Waals surface area contributed by atoms with Gasteiger partial charge in [0.2, 0.25) is 5.91 Å². The van der Waals surface area contributed by atoms with E-state index in [0.717, 1.165) is 18.4 Å². The van der Waals surface area contributed by atoms with Crippen LogP contribution in [0.15, 0.2) is 24.3 Å². The summed E-state index contributed by atoms with van der Waals surface area (Å²) < 4.78 is 0. The van der Waals surface area contributed by atoms with Crippen LogP contribution >= 0.6 is 0 Å². The van der Waals surface area contributed by atoms with Crippen LogP contribution in [0.25, 0.3) is 0 Å². The third-order valence-electron chi connectivity index (χ3n) is 5.87. The number of rotatable bonds is 3. The number of likely N-dealkylation sites (tertiary alicyclic amines) is 2. The molecule has 2 heterocycles. The molecule has 2 fully saturated rings. The van der Waals surface area contributed by atoms with E-state index < -0.39 is 11.9 Å². The molecule has 3 unspecified atom stereocenters. The molecule has 1 aromatic rings. The molecule has 146 valence electrons. The minimum atomic E-state index is -0.834. The summed E-state index contributed by atoms with van der Waals surface area (Å²) >= 11 is 0. The molecule has 27 heavy (non-hydrogen) atoms. The van der Waals surface area contributed by atoms with Crippen molar-refractivity contribution in [3.05, 3.63) is 35.4 Å². The maximum atomic E-state index is 13.1. The molecule has 2 saturated heterocycles. The number of amides is 2. The van der Waals surface area contributed by atoms with E-state index >= 15 is 0 Å². The number of carboxylic acids is 1. The second kappa shape index (κ2) is 8.11. The quantitative estimate of drug-likeness (QED) is 0.885. The van der Waals surface area contributed by atoms with E-state index in [1.807, 2.05) is 38.1 Å². The summed E-state index contributed by atoms with van der Waals surface area (Å²) in [5.74, 6) is -1.61. The van der Waals surface area contributed by atoms with Gasteiger partial charge in [-0.25, -0.2) is 0 Å². The number of hydrogen-bond donors (Lipinski definition) is 1. The van der Waals surface area contributed by atoms with Gasteiger partial charge in [0.05, 0.1) is 11.8 Å². The van der Waals surface area contributed by atoms with Crippen LogP contribution < -0.4 is 0 Å². The van der Waals surface area contributed by atoms with Crippen molar-refractivity contribution < 1.29 is 19.5 Å². The number of carboxylic acid groups (broad SMARTS) is 1. The fraction of sp³-hybridized carbons (Fsp3) is 0.571. The number of piperidine rings is 2. The first-order chi connectivity index (χ1) is 12.9. The minimum Gasteiger partial charge on any atom is -0.481 e. The molecule has 2 aliphatic rings. The lowest BCUT2D eigenvalue weighted by molar-refractivity contribution is -0.149. The molecule has 6 nitrogen and oxygen atoms in total. The number of aliphatic carboxylic acids is 1. The van der Waals surface area contributed by atoms with Crippen molar-refractivity contribution in [2.45, 2.75) is 45.6 Å². The summed E-state index contributed by atoms with van der Waals surface area (Å²) in [6.07, 6.45) is 2.86. The summed E-state index contributed by atoms with van der Waals surface area (Å²) in [5.41, 5.74) is 1.75. The molecule has 0 aromatic heterocycles. The second-order valence-electron chi connectivity index (χ2n) is 7.91. The molecule has 0 aliphatic carbocycles. The number of carbonyl (C=O) groups excluding carboxylic acids is 2. The molecule has 1 aromatic carbocycles. The van der Waals surface area contributed by atoms with Gasteiger partial charge in [-0.15, -0.1) is 0 Å². The van der Waals surface area contributed by atoms with Gasteiger partial charge in [-0.1, -0.05) is 17.7 Å². The average Bonchev–Trinajstić information content (AvgIpc) is 2.68. The van der Waals surface area contributed by atoms with E-state index in [2.05, 4.69) is 0 Å². The van der Waals surface area contributed by atoms with Crippen LogP contribution in [0.1, 0.15) is 48.5 Å². The smallest absolute Gasteiger partial charge is 0.308 e. The largest absolute Gasteiger partial charge is 0.481 e. The zero-order valence-corrected chi connectivity index (χ0v) is 16.1. The Morgan fingerprint density at radius 2 is 1.70 bits per heavy atom. The first kappa shape index (κ1) is 19.4. The van der Waals surface area contributed by atoms with Crippen molar-refractivity contribution in [2.75, 3.05) is 19.6 Å². The van der Waals surface area contributed by atoms with Gasteiger partial charge in [0.25, 0.3) is 5.91 Å². The fourth-order valence-electron chi connectivity index (χ4n) is 4.09. The van der Waals surface area contributed by atoms with Crippen LogP contribution in [0.4, 0.5) is 0 Å². The third-order valence-corrected chi connectivity index (χ3v) is 5.87. The molecule has 0 bridgehead atoms. The molecule has 6 heteroatoms. The Labute approximate surface area is 160 Å². The van der Waals surface area contributed by atoms with Crippen LogP contribution in [0.2, 0.25) is 0 Å². The van der Waals surface area contributed by atoms with Gasteiger partial charge in [0.15, 0.2) is 0 Å². The zero-order valence-electron chi connectivity index (χ0n) is 16.1. The highest BCUT2D eigenvalue weighted by Gasteiger charge is 2.37. The molecule has 0 spiro atoms. The molecule has 3 atom stereocenters. The summed E-state index contributed by atoms with van der Waals surface area (Å²) in [7, 11) is 0. The van der Waals surface area contributed by atoms with E-state index in [1.165, 1.54) is 0 Å². The van der Waals surface area contributed by atoms with Crippen molar-refractivity contribution in [3.8, 4) is 0 Å². The van der Waals surface area contributed by atoms with Gasteiger partial charge in [0.1, 0.15) is 0 Å². The summed E-state index contributed by atoms with van der Waals surface area (Å²) in [5, 5.41) is 9.30. The normalized spacial score (nSPS) is 25.9. The topological polar surface area (TPSA) is 77.9 Å². The first-order valence-corrected chi connectivity index (χ1v) is 9.76. The van der Waals surface area contributed by atoms with E-state index in [4.69, 9.17) is 0 Å². The van der Waals surface area contributed by atoms with Crippen LogP contribution in [0.5, 0.6) is 0 Å². The SMILES string of the molecule is Cc1ccc(C(=O)N2CCCC(C(=O)N3CC(C(=O)O)CCC3C)C2)cc1. The van der Waals surface area contributed by atoms with Crippen molar-refractivity contribution in [1.29, 1.82) is 0 Å². The Morgan fingerprint density at radius 3 is 2.37 bits per heavy atom. The molecular formula is C21H28N2O4. The van der Waals surface area contributed by atoms with Gasteiger partial charge in [-0.2, -0.15) is 0 Å². The van der Waals surface area contributed by atoms with Crippen molar-refractivity contribution in [1.82, 2.24) is 9.80 Å². The molecular weight excluding hydrogens is 344 g/mol. The van der Waals surface area contributed by atoms with E-state index in [-0.39, 0.29) is 30.3 Å². The molecule has 0 radical (unpaired) electrons. The molecule has 1 N–H and O–H groups in total. The highest BCUT2D eigenvalue weighted by molar-refractivity contribution is 5.94. The van der Waals surface area contributed by atoms with Gasteiger partial charge < -0.3 is 14.9 Å². The van der Waals surface area contributed by atoms with Crippen LogP contribution in [-0.2, 0) is 9.59 Å². The van der Waals surface area contributed by atoms with Gasteiger partial charge >= 0.3 is 5.97 Å². The van der Waals surface area contributed by atoms with E-state index in [9.17, 15) is 19.5 Å². The Kier molecular flexibility index (Phi) is 5.82. The lowest BCUT2D eigenvalue weighted by Gasteiger charge is -2.40. The molecule has 2 amide bonds. The minimum absolute atomic E-state index is 0.00476. The van der Waals surface area contributed by atoms with E-state index in [0.29, 0.717) is 31.5 Å². The number of hydrogen-bond acceptors (Lipinski definition) is 3. The summed E-state index contributed by atoms with van der Waals surface area (Å²) in [6, 6.07) is 7.54. The average molecular weight is 372 g/mol. The summed E-state index contributed by atoms with van der Waals surface area (Å²) in [4.78, 5) is 40.7. The fourth-order valence-corrected chi connectivity index (χ4v) is 4.09. The zero-order chi connectivity index (χ0) is 19.6. The predicted molar refractivity (Wildman–Crippen MR) is 101 cm³/mol. The number of benzene rings is 1. The van der Waals surface area contributed by atoms with Gasteiger partial charge in [0, 0.05) is 31.2 Å². The molecule has 0 saturated carbocycles. The molecule has 2 aliphatic heterocycles. The molecule has 3 rings (SSSR count). The Hall–Kier alpha value is -2.37. The number of carbonyl (C=O) groups is 3. The third kappa shape index (κ3) is 4.31. The Bertz CT molecular complexity index is 715. The van der Waals surface area contributed by atoms with Crippen LogP contribution in [0, 0.1) is 18.8 Å². The summed E-state index contributed by atoms with van der Waals surface area (Å²) in [6.45, 7) is 5.30. The monoisotopic (exact) mass is 372 g/mol. The van der Waals surface area contributed by atoms with Crippen molar-refractivity contribution >= 4 is 17.8 Å². The van der Waals surface area contributed by atoms with E-state index in [1.54, 1.807) is 9.80 Å². The van der Waals surface area contributed by atoms with Crippen molar-refractivity contribution in [3.63, 3.8) is 0 Å². The highest BCUT2D eigenvalue weighted by Crippen LogP contribution is 2.27. The van der Waals surface area contributed by atoms with Crippen LogP contribution in [-0.4, -0.2) is 58.4 Å². The Morgan fingerprint density at radius 1 is 1.00 bits per heavy atom.